The zero-order chi connectivity index (χ0) is 13.9. The van der Waals surface area contributed by atoms with Crippen LogP contribution < -0.4 is 5.19 Å². The summed E-state index contributed by atoms with van der Waals surface area (Å²) in [6.45, 7) is 7.08. The van der Waals surface area contributed by atoms with Gasteiger partial charge in [-0.15, -0.1) is 0 Å². The van der Waals surface area contributed by atoms with E-state index >= 15 is 0 Å². The lowest BCUT2D eigenvalue weighted by atomic mass is 10.2. The molecule has 2 aromatic carbocycles. The fraction of sp³-hybridized carbons (Fsp3) is 0.176. The van der Waals surface area contributed by atoms with E-state index in [0.29, 0.717) is 0 Å². The second-order valence-electron chi connectivity index (χ2n) is 5.58. The van der Waals surface area contributed by atoms with Crippen molar-refractivity contribution < 1.29 is 0 Å². The molecule has 0 aliphatic heterocycles. The summed E-state index contributed by atoms with van der Waals surface area (Å²) in [5, 5.41) is 1.48. The van der Waals surface area contributed by atoms with E-state index in [4.69, 9.17) is 0 Å². The van der Waals surface area contributed by atoms with Crippen molar-refractivity contribution in [3.05, 3.63) is 63.2 Å². The Kier molecular flexibility index (Phi) is 4.49. The van der Waals surface area contributed by atoms with Gasteiger partial charge in [-0.25, -0.2) is 0 Å². The lowest BCUT2D eigenvalue weighted by Gasteiger charge is -2.15. The van der Waals surface area contributed by atoms with Gasteiger partial charge in [-0.05, 0) is 59.0 Å². The molecule has 2 aromatic rings. The first kappa shape index (κ1) is 14.4. The van der Waals surface area contributed by atoms with Gasteiger partial charge in [0.25, 0.3) is 0 Å². The van der Waals surface area contributed by atoms with Crippen LogP contribution in [-0.4, -0.2) is 8.07 Å². The number of benzene rings is 2. The molecule has 0 saturated carbocycles. The summed E-state index contributed by atoms with van der Waals surface area (Å²) in [7, 11) is -1.20. The largest absolute Gasteiger partial charge is 0.0775 e. The van der Waals surface area contributed by atoms with Gasteiger partial charge in [0.2, 0.25) is 0 Å². The minimum Gasteiger partial charge on any atom is -0.0656 e. The van der Waals surface area contributed by atoms with Gasteiger partial charge < -0.3 is 0 Å². The van der Waals surface area contributed by atoms with Gasteiger partial charge in [-0.1, -0.05) is 48.8 Å². The molecule has 0 bridgehead atoms. The lowest BCUT2D eigenvalue weighted by Crippen LogP contribution is -2.37. The summed E-state index contributed by atoms with van der Waals surface area (Å²) in [4.78, 5) is 0. The molecular formula is C17H17ISi. The molecule has 2 rings (SSSR count). The monoisotopic (exact) mass is 376 g/mol. The number of halogens is 1. The SMILES string of the molecule is C[Si](C)(C)c1ccc(C#Cc2ccc(I)cc2)cc1. The first-order chi connectivity index (χ1) is 8.95. The third kappa shape index (κ3) is 4.22. The van der Waals surface area contributed by atoms with Crippen molar-refractivity contribution in [2.75, 3.05) is 0 Å². The molecule has 96 valence electrons. The zero-order valence-corrected chi connectivity index (χ0v) is 14.7. The van der Waals surface area contributed by atoms with E-state index in [1.807, 2.05) is 0 Å². The number of rotatable bonds is 1. The molecule has 0 aromatic heterocycles. The molecule has 0 spiro atoms. The summed E-state index contributed by atoms with van der Waals surface area (Å²) in [5.41, 5.74) is 2.15. The van der Waals surface area contributed by atoms with E-state index in [1.54, 1.807) is 0 Å². The molecule has 0 radical (unpaired) electrons. The van der Waals surface area contributed by atoms with E-state index in [2.05, 4.69) is 103 Å². The minimum atomic E-state index is -1.20. The van der Waals surface area contributed by atoms with Gasteiger partial charge in [0.15, 0.2) is 0 Å². The Hall–Kier alpha value is -1.05. The molecule has 0 N–H and O–H groups in total. The van der Waals surface area contributed by atoms with E-state index in [1.165, 1.54) is 8.76 Å². The normalized spacial score (nSPS) is 10.7. The second-order valence-corrected chi connectivity index (χ2v) is 11.9. The Balaban J connectivity index is 2.19. The Bertz CT molecular complexity index is 608. The van der Waals surface area contributed by atoms with Crippen LogP contribution in [0.15, 0.2) is 48.5 Å². The van der Waals surface area contributed by atoms with E-state index < -0.39 is 8.07 Å². The number of hydrogen-bond donors (Lipinski definition) is 0. The van der Waals surface area contributed by atoms with Crippen LogP contribution in [0.1, 0.15) is 11.1 Å². The van der Waals surface area contributed by atoms with Crippen LogP contribution in [0.25, 0.3) is 0 Å². The molecular weight excluding hydrogens is 359 g/mol. The first-order valence-electron chi connectivity index (χ1n) is 6.33. The molecule has 0 heterocycles. The molecule has 2 heteroatoms. The Labute approximate surface area is 130 Å². The van der Waals surface area contributed by atoms with Crippen molar-refractivity contribution in [2.24, 2.45) is 0 Å². The van der Waals surface area contributed by atoms with E-state index in [9.17, 15) is 0 Å². The standard InChI is InChI=1S/C17H17ISi/c1-19(2,3)17-12-8-15(9-13-17)5-4-14-6-10-16(18)11-7-14/h6-13H,1-3H3. The quantitative estimate of drug-likeness (QED) is 0.397. The molecule has 0 nitrogen and oxygen atoms in total. The Morgan fingerprint density at radius 1 is 0.737 bits per heavy atom. The van der Waals surface area contributed by atoms with Crippen molar-refractivity contribution in [3.8, 4) is 11.8 Å². The van der Waals surface area contributed by atoms with Crippen molar-refractivity contribution in [2.45, 2.75) is 19.6 Å². The van der Waals surface area contributed by atoms with E-state index in [0.717, 1.165) is 11.1 Å². The highest BCUT2D eigenvalue weighted by atomic mass is 127. The van der Waals surface area contributed by atoms with Crippen LogP contribution in [0.2, 0.25) is 19.6 Å². The predicted octanol–water partition coefficient (Wildman–Crippen LogP) is 4.24. The highest BCUT2D eigenvalue weighted by Gasteiger charge is 2.15. The summed E-state index contributed by atoms with van der Waals surface area (Å²) in [6.07, 6.45) is 0. The lowest BCUT2D eigenvalue weighted by molar-refractivity contribution is 1.59. The third-order valence-electron chi connectivity index (χ3n) is 2.95. The molecule has 0 amide bonds. The summed E-state index contributed by atoms with van der Waals surface area (Å²) >= 11 is 2.30. The van der Waals surface area contributed by atoms with Crippen LogP contribution in [0.5, 0.6) is 0 Å². The summed E-state index contributed by atoms with van der Waals surface area (Å²) in [5.74, 6) is 6.43. The van der Waals surface area contributed by atoms with E-state index in [-0.39, 0.29) is 0 Å². The average molecular weight is 376 g/mol. The van der Waals surface area contributed by atoms with Gasteiger partial charge in [0.1, 0.15) is 0 Å². The molecule has 19 heavy (non-hydrogen) atoms. The Morgan fingerprint density at radius 3 is 1.58 bits per heavy atom. The molecule has 0 unspecified atom stereocenters. The summed E-state index contributed by atoms with van der Waals surface area (Å²) in [6, 6.07) is 17.0. The topological polar surface area (TPSA) is 0 Å². The maximum absolute atomic E-state index is 3.22. The molecule has 0 aliphatic rings. The maximum Gasteiger partial charge on any atom is 0.0775 e. The second kappa shape index (κ2) is 5.94. The number of hydrogen-bond acceptors (Lipinski definition) is 0. The van der Waals surface area contributed by atoms with Crippen LogP contribution in [0, 0.1) is 15.4 Å². The smallest absolute Gasteiger partial charge is 0.0656 e. The van der Waals surface area contributed by atoms with Crippen LogP contribution in [0.4, 0.5) is 0 Å². The summed E-state index contributed by atoms with van der Waals surface area (Å²) < 4.78 is 1.24. The molecule has 0 aliphatic carbocycles. The highest BCUT2D eigenvalue weighted by molar-refractivity contribution is 14.1. The van der Waals surface area contributed by atoms with Crippen molar-refractivity contribution in [1.29, 1.82) is 0 Å². The van der Waals surface area contributed by atoms with Crippen LogP contribution >= 0.6 is 22.6 Å². The molecule has 0 saturated heterocycles. The van der Waals surface area contributed by atoms with Gasteiger partial charge in [0, 0.05) is 14.7 Å². The minimum absolute atomic E-state index is 1.06. The predicted molar refractivity (Wildman–Crippen MR) is 94.6 cm³/mol. The zero-order valence-electron chi connectivity index (χ0n) is 11.5. The fourth-order valence-electron chi connectivity index (χ4n) is 1.73. The van der Waals surface area contributed by atoms with Gasteiger partial charge in [-0.2, -0.15) is 0 Å². The van der Waals surface area contributed by atoms with Crippen LogP contribution in [-0.2, 0) is 0 Å². The fourth-order valence-corrected chi connectivity index (χ4v) is 3.26. The van der Waals surface area contributed by atoms with Crippen molar-refractivity contribution >= 4 is 35.9 Å². The van der Waals surface area contributed by atoms with Gasteiger partial charge in [-0.3, -0.25) is 0 Å². The van der Waals surface area contributed by atoms with Gasteiger partial charge in [0.05, 0.1) is 8.07 Å². The van der Waals surface area contributed by atoms with Crippen LogP contribution in [0.3, 0.4) is 0 Å². The van der Waals surface area contributed by atoms with Crippen molar-refractivity contribution in [3.63, 3.8) is 0 Å². The first-order valence-corrected chi connectivity index (χ1v) is 10.9. The highest BCUT2D eigenvalue weighted by Crippen LogP contribution is 2.07. The van der Waals surface area contributed by atoms with Gasteiger partial charge >= 0.3 is 0 Å². The Morgan fingerprint density at radius 2 is 1.16 bits per heavy atom. The van der Waals surface area contributed by atoms with Crippen molar-refractivity contribution in [1.82, 2.24) is 0 Å². The third-order valence-corrected chi connectivity index (χ3v) is 5.73. The molecule has 0 atom stereocenters. The molecule has 0 fully saturated rings. The maximum atomic E-state index is 3.22. The average Bonchev–Trinajstić information content (AvgIpc) is 2.37.